The summed E-state index contributed by atoms with van der Waals surface area (Å²) in [5.41, 5.74) is 3.00. The van der Waals surface area contributed by atoms with Crippen LogP contribution in [0, 0.1) is 27.3 Å². The van der Waals surface area contributed by atoms with Gasteiger partial charge in [-0.05, 0) is 144 Å². The third-order valence-corrected chi connectivity index (χ3v) is 12.4. The van der Waals surface area contributed by atoms with Crippen LogP contribution in [0.3, 0.4) is 0 Å². The molecule has 8 aromatic carbocycles. The highest BCUT2D eigenvalue weighted by Gasteiger charge is 2.37. The normalized spacial score (nSPS) is 12.5. The molecule has 12 heteroatoms. The lowest BCUT2D eigenvalue weighted by molar-refractivity contribution is -0.138. The summed E-state index contributed by atoms with van der Waals surface area (Å²) < 4.78 is 133. The van der Waals surface area contributed by atoms with E-state index in [-0.39, 0.29) is 22.5 Å². The Hall–Kier alpha value is -7.78. The van der Waals surface area contributed by atoms with Crippen LogP contribution >= 0.6 is 0 Å². The zero-order chi connectivity index (χ0) is 47.3. The smallest absolute Gasteiger partial charge is 0.319 e. The lowest BCUT2D eigenvalue weighted by Crippen LogP contribution is -2.10. The Labute approximate surface area is 377 Å². The summed E-state index contributed by atoms with van der Waals surface area (Å²) in [6, 6.07) is 39.7. The molecule has 67 heavy (non-hydrogen) atoms. The molecular weight excluding hydrogens is 874 g/mol. The lowest BCUT2D eigenvalue weighted by atomic mass is 9.92. The van der Waals surface area contributed by atoms with Crippen LogP contribution in [0.2, 0.25) is 0 Å². The van der Waals surface area contributed by atoms with Gasteiger partial charge in [-0.2, -0.15) is 39.5 Å². The number of benzene rings is 8. The second kappa shape index (κ2) is 15.4. The van der Waals surface area contributed by atoms with Gasteiger partial charge in [0, 0.05) is 21.5 Å². The van der Waals surface area contributed by atoms with Crippen molar-refractivity contribution in [2.75, 3.05) is 0 Å². The van der Waals surface area contributed by atoms with Crippen LogP contribution in [0.15, 0.2) is 152 Å². The number of aryl methyl sites for hydroxylation is 3. The minimum Gasteiger partial charge on any atom is -0.319 e. The SMILES string of the molecule is [C-]#[N+]c1c(-n2c3ccccc3c3cc(-c4cc(C)cc(C(F)(F)F)c4)ccc32)ccc(-c2c(C)cccc2C(F)(F)F)c1-n1c2ccccc2c2cc(-c3cc(C)cc(C(F)(F)F)c3)ccc21. The van der Waals surface area contributed by atoms with Gasteiger partial charge in [0.05, 0.1) is 56.7 Å². The molecule has 2 aromatic heterocycles. The molecular formula is C55H34F9N3. The van der Waals surface area contributed by atoms with Crippen molar-refractivity contribution >= 4 is 49.3 Å². The van der Waals surface area contributed by atoms with Gasteiger partial charge in [-0.25, -0.2) is 4.85 Å². The molecule has 0 bridgehead atoms. The van der Waals surface area contributed by atoms with Crippen molar-refractivity contribution in [1.29, 1.82) is 0 Å². The first-order valence-electron chi connectivity index (χ1n) is 21.0. The second-order valence-corrected chi connectivity index (χ2v) is 16.8. The zero-order valence-corrected chi connectivity index (χ0v) is 35.7. The van der Waals surface area contributed by atoms with Crippen LogP contribution < -0.4 is 0 Å². The third-order valence-electron chi connectivity index (χ3n) is 12.4. The van der Waals surface area contributed by atoms with E-state index < -0.39 is 35.2 Å². The van der Waals surface area contributed by atoms with E-state index >= 15 is 13.2 Å². The number of aromatic nitrogens is 2. The molecule has 0 atom stereocenters. The molecule has 0 radical (unpaired) electrons. The number of alkyl halides is 9. The summed E-state index contributed by atoms with van der Waals surface area (Å²) in [7, 11) is 0. The zero-order valence-electron chi connectivity index (χ0n) is 35.7. The highest BCUT2D eigenvalue weighted by Crippen LogP contribution is 2.50. The molecule has 332 valence electrons. The number of nitrogens with zero attached hydrogens (tertiary/aromatic N) is 3. The first-order chi connectivity index (χ1) is 31.8. The fraction of sp³-hybridized carbons (Fsp3) is 0.109. The Balaban J connectivity index is 1.29. The fourth-order valence-corrected chi connectivity index (χ4v) is 9.58. The molecule has 0 fully saturated rings. The van der Waals surface area contributed by atoms with Gasteiger partial charge >= 0.3 is 18.5 Å². The Morgan fingerprint density at radius 1 is 0.433 bits per heavy atom. The summed E-state index contributed by atoms with van der Waals surface area (Å²) in [4.78, 5) is 4.15. The molecule has 0 aliphatic rings. The third kappa shape index (κ3) is 7.26. The highest BCUT2D eigenvalue weighted by atomic mass is 19.4. The number of hydrogen-bond acceptors (Lipinski definition) is 0. The van der Waals surface area contributed by atoms with Gasteiger partial charge in [0.1, 0.15) is 0 Å². The van der Waals surface area contributed by atoms with Crippen molar-refractivity contribution in [1.82, 2.24) is 9.13 Å². The molecule has 0 N–H and O–H groups in total. The first-order valence-corrected chi connectivity index (χ1v) is 21.0. The minimum absolute atomic E-state index is 0.00524. The van der Waals surface area contributed by atoms with Crippen LogP contribution in [0.25, 0.3) is 93.2 Å². The predicted octanol–water partition coefficient (Wildman–Crippen LogP) is 17.4. The average Bonchev–Trinajstić information content (AvgIpc) is 3.79. The fourth-order valence-electron chi connectivity index (χ4n) is 9.58. The predicted molar refractivity (Wildman–Crippen MR) is 247 cm³/mol. The van der Waals surface area contributed by atoms with E-state index in [1.54, 1.807) is 116 Å². The lowest BCUT2D eigenvalue weighted by Gasteiger charge is -2.23. The quantitative estimate of drug-likeness (QED) is 0.121. The molecule has 0 unspecified atom stereocenters. The maximum absolute atomic E-state index is 15.1. The number of halogens is 9. The van der Waals surface area contributed by atoms with E-state index in [1.165, 1.54) is 6.07 Å². The highest BCUT2D eigenvalue weighted by molar-refractivity contribution is 6.14. The summed E-state index contributed by atoms with van der Waals surface area (Å²) in [5, 5.41) is 2.62. The van der Waals surface area contributed by atoms with Crippen molar-refractivity contribution in [2.24, 2.45) is 0 Å². The van der Waals surface area contributed by atoms with Crippen molar-refractivity contribution in [3.05, 3.63) is 196 Å². The van der Waals surface area contributed by atoms with Crippen molar-refractivity contribution in [3.8, 4) is 44.8 Å². The monoisotopic (exact) mass is 907 g/mol. The van der Waals surface area contributed by atoms with Gasteiger partial charge in [-0.3, -0.25) is 0 Å². The summed E-state index contributed by atoms with van der Waals surface area (Å²) in [5.74, 6) is 0. The van der Waals surface area contributed by atoms with Gasteiger partial charge in [-0.1, -0.05) is 78.9 Å². The topological polar surface area (TPSA) is 14.2 Å². The van der Waals surface area contributed by atoms with Crippen LogP contribution in [0.4, 0.5) is 45.2 Å². The van der Waals surface area contributed by atoms with Crippen LogP contribution in [0.1, 0.15) is 33.4 Å². The Kier molecular flexibility index (Phi) is 9.92. The second-order valence-electron chi connectivity index (χ2n) is 16.8. The van der Waals surface area contributed by atoms with Gasteiger partial charge in [0.25, 0.3) is 0 Å². The number of rotatable bonds is 5. The maximum Gasteiger partial charge on any atom is 0.417 e. The van der Waals surface area contributed by atoms with Crippen LogP contribution in [-0.4, -0.2) is 9.13 Å². The van der Waals surface area contributed by atoms with E-state index in [9.17, 15) is 26.3 Å². The number of hydrogen-bond donors (Lipinski definition) is 0. The van der Waals surface area contributed by atoms with Crippen molar-refractivity contribution in [3.63, 3.8) is 0 Å². The molecule has 10 aromatic rings. The van der Waals surface area contributed by atoms with Gasteiger partial charge in [0.15, 0.2) is 0 Å². The molecule has 3 nitrogen and oxygen atoms in total. The Bertz CT molecular complexity index is 3710. The summed E-state index contributed by atoms with van der Waals surface area (Å²) >= 11 is 0. The van der Waals surface area contributed by atoms with Crippen LogP contribution in [-0.2, 0) is 18.5 Å². The van der Waals surface area contributed by atoms with E-state index in [2.05, 4.69) is 4.85 Å². The van der Waals surface area contributed by atoms with E-state index in [1.807, 2.05) is 28.8 Å². The standard InChI is InChI=1S/C55H34F9N3/c1-30-22-35(26-37(24-30)53(56,57)58)33-16-19-47-42(28-33)39-11-5-7-14-45(39)66(47)49-21-18-41(50-32(3)10-9-13-44(50)55(62,63)64)52(51(49)65-4)67-46-15-8-6-12-40(46)43-29-34(17-20-48(43)67)36-23-31(2)25-38(27-36)54(59,60)61/h5-29H,1-3H3. The van der Waals surface area contributed by atoms with Crippen molar-refractivity contribution in [2.45, 2.75) is 39.3 Å². The first kappa shape index (κ1) is 43.1. The average molecular weight is 908 g/mol. The molecule has 0 saturated heterocycles. The van der Waals surface area contributed by atoms with Crippen molar-refractivity contribution < 1.29 is 39.5 Å². The Morgan fingerprint density at radius 3 is 1.43 bits per heavy atom. The molecule has 2 heterocycles. The summed E-state index contributed by atoms with van der Waals surface area (Å²) in [6.07, 6.45) is -14.0. The van der Waals surface area contributed by atoms with E-state index in [4.69, 9.17) is 6.57 Å². The molecule has 0 aliphatic heterocycles. The maximum atomic E-state index is 15.1. The Morgan fingerprint density at radius 2 is 0.925 bits per heavy atom. The molecule has 0 spiro atoms. The number of fused-ring (bicyclic) bond motifs is 6. The minimum atomic E-state index is -4.79. The van der Waals surface area contributed by atoms with E-state index in [0.717, 1.165) is 35.7 Å². The van der Waals surface area contributed by atoms with E-state index in [0.29, 0.717) is 82.9 Å². The molecule has 10 rings (SSSR count). The number of para-hydroxylation sites is 2. The van der Waals surface area contributed by atoms with Gasteiger partial charge in [-0.15, -0.1) is 0 Å². The largest absolute Gasteiger partial charge is 0.417 e. The summed E-state index contributed by atoms with van der Waals surface area (Å²) in [6.45, 7) is 13.7. The van der Waals surface area contributed by atoms with Gasteiger partial charge < -0.3 is 9.13 Å². The molecule has 0 saturated carbocycles. The molecule has 0 amide bonds. The van der Waals surface area contributed by atoms with Gasteiger partial charge in [0.2, 0.25) is 5.69 Å². The molecule has 0 aliphatic carbocycles. The van der Waals surface area contributed by atoms with Crippen LogP contribution in [0.5, 0.6) is 0 Å².